The van der Waals surface area contributed by atoms with Crippen molar-refractivity contribution >= 4 is 5.91 Å². The Bertz CT molecular complexity index is 218. The molecule has 0 bridgehead atoms. The van der Waals surface area contributed by atoms with E-state index >= 15 is 0 Å². The molecule has 2 unspecified atom stereocenters. The number of amides is 1. The van der Waals surface area contributed by atoms with Crippen LogP contribution in [0.15, 0.2) is 0 Å². The highest BCUT2D eigenvalue weighted by atomic mass is 16.2. The Morgan fingerprint density at radius 1 is 1.44 bits per heavy atom. The first-order valence-corrected chi connectivity index (χ1v) is 6.71. The van der Waals surface area contributed by atoms with Gasteiger partial charge in [-0.25, -0.2) is 0 Å². The number of likely N-dealkylation sites (tertiary alicyclic amines) is 1. The Labute approximate surface area is 99.4 Å². The monoisotopic (exact) mass is 226 g/mol. The predicted molar refractivity (Wildman–Crippen MR) is 67.1 cm³/mol. The van der Waals surface area contributed by atoms with E-state index in [4.69, 9.17) is 5.73 Å². The molecule has 0 aromatic carbocycles. The van der Waals surface area contributed by atoms with E-state index in [1.54, 1.807) is 0 Å². The Hall–Kier alpha value is -0.570. The van der Waals surface area contributed by atoms with Crippen molar-refractivity contribution in [2.75, 3.05) is 13.1 Å². The third-order valence-electron chi connectivity index (χ3n) is 3.58. The molecule has 94 valence electrons. The molecule has 1 heterocycles. The summed E-state index contributed by atoms with van der Waals surface area (Å²) in [5.74, 6) is 0.483. The Morgan fingerprint density at radius 2 is 2.19 bits per heavy atom. The van der Waals surface area contributed by atoms with Gasteiger partial charge in [-0.05, 0) is 19.3 Å². The van der Waals surface area contributed by atoms with Crippen LogP contribution in [0.25, 0.3) is 0 Å². The van der Waals surface area contributed by atoms with Gasteiger partial charge in [-0.3, -0.25) is 4.79 Å². The lowest BCUT2D eigenvalue weighted by atomic mass is 10.0. The van der Waals surface area contributed by atoms with Crippen molar-refractivity contribution in [3.63, 3.8) is 0 Å². The lowest BCUT2D eigenvalue weighted by molar-refractivity contribution is -0.137. The van der Waals surface area contributed by atoms with Gasteiger partial charge in [0, 0.05) is 25.0 Å². The molecule has 2 N–H and O–H groups in total. The quantitative estimate of drug-likeness (QED) is 0.798. The highest BCUT2D eigenvalue weighted by molar-refractivity contribution is 5.78. The zero-order chi connectivity index (χ0) is 12.0. The van der Waals surface area contributed by atoms with Crippen LogP contribution < -0.4 is 5.73 Å². The van der Waals surface area contributed by atoms with Gasteiger partial charge in [-0.15, -0.1) is 0 Å². The average Bonchev–Trinajstić information content (AvgIpc) is 2.53. The second-order valence-corrected chi connectivity index (χ2v) is 4.96. The van der Waals surface area contributed by atoms with Gasteiger partial charge in [-0.2, -0.15) is 0 Å². The Morgan fingerprint density at radius 3 is 2.81 bits per heavy atom. The van der Waals surface area contributed by atoms with Crippen LogP contribution >= 0.6 is 0 Å². The van der Waals surface area contributed by atoms with Crippen LogP contribution in [0.3, 0.4) is 0 Å². The fourth-order valence-corrected chi connectivity index (χ4v) is 2.55. The summed E-state index contributed by atoms with van der Waals surface area (Å²) in [5.41, 5.74) is 5.78. The molecule has 2 atom stereocenters. The van der Waals surface area contributed by atoms with E-state index < -0.39 is 0 Å². The smallest absolute Gasteiger partial charge is 0.225 e. The molecule has 0 radical (unpaired) electrons. The van der Waals surface area contributed by atoms with Crippen molar-refractivity contribution in [2.24, 2.45) is 11.7 Å². The molecule has 1 amide bonds. The normalized spacial score (nSPS) is 23.9. The number of nitrogens with zero attached hydrogens (tertiary/aromatic N) is 1. The molecule has 1 saturated heterocycles. The van der Waals surface area contributed by atoms with Crippen molar-refractivity contribution in [3.05, 3.63) is 0 Å². The summed E-state index contributed by atoms with van der Waals surface area (Å²) in [7, 11) is 0. The van der Waals surface area contributed by atoms with Crippen molar-refractivity contribution in [1.29, 1.82) is 0 Å². The number of hydrogen-bond donors (Lipinski definition) is 1. The van der Waals surface area contributed by atoms with Crippen molar-refractivity contribution in [1.82, 2.24) is 4.90 Å². The van der Waals surface area contributed by atoms with Crippen LogP contribution in [0.4, 0.5) is 0 Å². The first-order valence-electron chi connectivity index (χ1n) is 6.71. The van der Waals surface area contributed by atoms with Gasteiger partial charge in [-0.1, -0.05) is 33.1 Å². The van der Waals surface area contributed by atoms with Crippen LogP contribution in [0.2, 0.25) is 0 Å². The zero-order valence-electron chi connectivity index (χ0n) is 10.7. The lowest BCUT2D eigenvalue weighted by Gasteiger charge is -2.31. The molecule has 0 aromatic rings. The maximum Gasteiger partial charge on any atom is 0.225 e. The highest BCUT2D eigenvalue weighted by Gasteiger charge is 2.27. The number of hydrogen-bond acceptors (Lipinski definition) is 2. The molecule has 1 aliphatic rings. The molecular formula is C13H26N2O. The standard InChI is InChI=1S/C13H26N2O/c1-3-7-11(2)13(16)15-9-6-4-5-8-12(15)10-14/h11-12H,3-10,14H2,1-2H3. The largest absolute Gasteiger partial charge is 0.338 e. The average molecular weight is 226 g/mol. The SMILES string of the molecule is CCCC(C)C(=O)N1CCCCCC1CN. The van der Waals surface area contributed by atoms with Gasteiger partial charge < -0.3 is 10.6 Å². The van der Waals surface area contributed by atoms with Gasteiger partial charge in [0.1, 0.15) is 0 Å². The van der Waals surface area contributed by atoms with Crippen LogP contribution in [0.1, 0.15) is 52.4 Å². The number of nitrogens with two attached hydrogens (primary N) is 1. The van der Waals surface area contributed by atoms with Gasteiger partial charge in [0.25, 0.3) is 0 Å². The lowest BCUT2D eigenvalue weighted by Crippen LogP contribution is -2.46. The minimum atomic E-state index is 0.164. The number of rotatable bonds is 4. The minimum Gasteiger partial charge on any atom is -0.338 e. The summed E-state index contributed by atoms with van der Waals surface area (Å²) in [4.78, 5) is 14.3. The maximum atomic E-state index is 12.3. The van der Waals surface area contributed by atoms with Crippen LogP contribution in [0, 0.1) is 5.92 Å². The second kappa shape index (κ2) is 6.89. The van der Waals surface area contributed by atoms with Gasteiger partial charge in [0.15, 0.2) is 0 Å². The number of carbonyl (C=O) groups excluding carboxylic acids is 1. The van der Waals surface area contributed by atoms with Crippen LogP contribution in [0.5, 0.6) is 0 Å². The molecule has 1 fully saturated rings. The predicted octanol–water partition coefficient (Wildman–Crippen LogP) is 2.15. The summed E-state index contributed by atoms with van der Waals surface area (Å²) in [6.45, 7) is 5.70. The zero-order valence-corrected chi connectivity index (χ0v) is 10.7. The van der Waals surface area contributed by atoms with Gasteiger partial charge in [0.2, 0.25) is 5.91 Å². The van der Waals surface area contributed by atoms with Crippen molar-refractivity contribution in [2.45, 2.75) is 58.4 Å². The summed E-state index contributed by atoms with van der Waals surface area (Å²) >= 11 is 0. The summed E-state index contributed by atoms with van der Waals surface area (Å²) in [6.07, 6.45) is 6.75. The molecule has 16 heavy (non-hydrogen) atoms. The Kier molecular flexibility index (Phi) is 5.81. The van der Waals surface area contributed by atoms with E-state index in [0.29, 0.717) is 12.5 Å². The number of carbonyl (C=O) groups is 1. The van der Waals surface area contributed by atoms with Gasteiger partial charge >= 0.3 is 0 Å². The van der Waals surface area contributed by atoms with E-state index in [1.807, 2.05) is 11.8 Å². The third kappa shape index (κ3) is 3.48. The van der Waals surface area contributed by atoms with Crippen molar-refractivity contribution in [3.8, 4) is 0 Å². The molecule has 0 aromatic heterocycles. The molecule has 1 aliphatic heterocycles. The molecule has 1 rings (SSSR count). The van der Waals surface area contributed by atoms with Crippen LogP contribution in [-0.4, -0.2) is 29.9 Å². The first-order chi connectivity index (χ1) is 7.70. The van der Waals surface area contributed by atoms with E-state index in [1.165, 1.54) is 12.8 Å². The van der Waals surface area contributed by atoms with E-state index in [0.717, 1.165) is 32.2 Å². The maximum absolute atomic E-state index is 12.3. The van der Waals surface area contributed by atoms with Crippen LogP contribution in [-0.2, 0) is 4.79 Å². The molecule has 0 aliphatic carbocycles. The summed E-state index contributed by atoms with van der Waals surface area (Å²) < 4.78 is 0. The molecule has 3 nitrogen and oxygen atoms in total. The fraction of sp³-hybridized carbons (Fsp3) is 0.923. The molecule has 0 saturated carbocycles. The Balaban J connectivity index is 2.62. The third-order valence-corrected chi connectivity index (χ3v) is 3.58. The van der Waals surface area contributed by atoms with E-state index in [2.05, 4.69) is 6.92 Å². The van der Waals surface area contributed by atoms with Gasteiger partial charge in [0.05, 0.1) is 0 Å². The summed E-state index contributed by atoms with van der Waals surface area (Å²) in [5, 5.41) is 0. The topological polar surface area (TPSA) is 46.3 Å². The van der Waals surface area contributed by atoms with Crippen molar-refractivity contribution < 1.29 is 4.79 Å². The molecule has 3 heteroatoms. The van der Waals surface area contributed by atoms with E-state index in [-0.39, 0.29) is 12.0 Å². The summed E-state index contributed by atoms with van der Waals surface area (Å²) in [6, 6.07) is 0.286. The second-order valence-electron chi connectivity index (χ2n) is 4.96. The fourth-order valence-electron chi connectivity index (χ4n) is 2.55. The molecule has 0 spiro atoms. The van der Waals surface area contributed by atoms with E-state index in [9.17, 15) is 4.79 Å². The molecular weight excluding hydrogens is 200 g/mol. The highest BCUT2D eigenvalue weighted by Crippen LogP contribution is 2.19. The minimum absolute atomic E-state index is 0.164. The first kappa shape index (κ1) is 13.5.